The van der Waals surface area contributed by atoms with Crippen LogP contribution in [0.25, 0.3) is 77.1 Å². The largest absolute Gasteiger partial charge is 0.311 e. The molecule has 0 atom stereocenters. The average molecular weight is 1010 g/mol. The van der Waals surface area contributed by atoms with Crippen molar-refractivity contribution in [3.8, 4) is 33.4 Å². The van der Waals surface area contributed by atoms with Gasteiger partial charge in [-0.15, -0.1) is 0 Å². The summed E-state index contributed by atoms with van der Waals surface area (Å²) in [5, 5.41) is 4.25. The fraction of sp³-hybridized carbons (Fsp3) is 0. The normalized spacial score (nSPS) is 11.3. The molecule has 0 unspecified atom stereocenters. The highest BCUT2D eigenvalue weighted by Gasteiger charge is 2.19. The first kappa shape index (κ1) is 46.8. The first-order chi connectivity index (χ1) is 39.2. The van der Waals surface area contributed by atoms with Crippen LogP contribution in [0.15, 0.2) is 303 Å². The molecule has 0 bridgehead atoms. The van der Waals surface area contributed by atoms with Crippen LogP contribution in [0, 0.1) is 0 Å². The van der Waals surface area contributed by atoms with Gasteiger partial charge in [-0.25, -0.2) is 15.0 Å². The number of fused-ring (bicyclic) bond motifs is 7. The predicted molar refractivity (Wildman–Crippen MR) is 330 cm³/mol. The Balaban J connectivity index is 0.879. The maximum atomic E-state index is 5.47. The van der Waals surface area contributed by atoms with Crippen molar-refractivity contribution in [3.05, 3.63) is 303 Å². The molecule has 0 aliphatic heterocycles. The Morgan fingerprint density at radius 3 is 0.823 bits per heavy atom. The van der Waals surface area contributed by atoms with Gasteiger partial charge in [0.05, 0.1) is 11.0 Å². The van der Waals surface area contributed by atoms with Gasteiger partial charge in [-0.05, 0) is 166 Å². The predicted octanol–water partition coefficient (Wildman–Crippen LogP) is 19.9. The quantitative estimate of drug-likeness (QED) is 0.0898. The van der Waals surface area contributed by atoms with Crippen LogP contribution < -0.4 is 14.7 Å². The molecule has 14 aromatic rings. The Morgan fingerprint density at radius 1 is 0.215 bits per heavy atom. The smallest absolute Gasteiger partial charge is 0.178 e. The van der Waals surface area contributed by atoms with E-state index < -0.39 is 0 Å². The van der Waals surface area contributed by atoms with Gasteiger partial charge in [0.1, 0.15) is 5.52 Å². The summed E-state index contributed by atoms with van der Waals surface area (Å²) in [6.07, 6.45) is 1.92. The van der Waals surface area contributed by atoms with E-state index in [9.17, 15) is 0 Å². The van der Waals surface area contributed by atoms with Gasteiger partial charge in [0.2, 0.25) is 0 Å². The Kier molecular flexibility index (Phi) is 12.1. The molecule has 2 aromatic heterocycles. The van der Waals surface area contributed by atoms with Gasteiger partial charge in [-0.2, -0.15) is 0 Å². The topological polar surface area (TPSA) is 48.4 Å². The second-order valence-electron chi connectivity index (χ2n) is 19.7. The van der Waals surface area contributed by atoms with Gasteiger partial charge in [-0.1, -0.05) is 170 Å². The Morgan fingerprint density at radius 2 is 0.494 bits per heavy atom. The summed E-state index contributed by atoms with van der Waals surface area (Å²) in [6.45, 7) is 0. The lowest BCUT2D eigenvalue weighted by Crippen LogP contribution is -2.09. The Hall–Kier alpha value is -10.7. The van der Waals surface area contributed by atoms with Crippen molar-refractivity contribution in [2.45, 2.75) is 0 Å². The highest BCUT2D eigenvalue weighted by atomic mass is 15.2. The van der Waals surface area contributed by atoms with Gasteiger partial charge in [0.15, 0.2) is 5.65 Å². The van der Waals surface area contributed by atoms with Crippen LogP contribution >= 0.6 is 0 Å². The maximum Gasteiger partial charge on any atom is 0.178 e. The Labute approximate surface area is 459 Å². The van der Waals surface area contributed by atoms with Crippen molar-refractivity contribution in [2.24, 2.45) is 0 Å². The minimum Gasteiger partial charge on any atom is -0.311 e. The zero-order valence-electron chi connectivity index (χ0n) is 43.1. The molecule has 6 nitrogen and oxygen atoms in total. The molecule has 0 saturated carbocycles. The van der Waals surface area contributed by atoms with E-state index >= 15 is 0 Å². The highest BCUT2D eigenvalue weighted by molar-refractivity contribution is 6.25. The van der Waals surface area contributed by atoms with Crippen LogP contribution in [0.4, 0.5) is 51.2 Å². The van der Waals surface area contributed by atoms with Gasteiger partial charge >= 0.3 is 0 Å². The third kappa shape index (κ3) is 9.03. The fourth-order valence-corrected chi connectivity index (χ4v) is 11.0. The fourth-order valence-electron chi connectivity index (χ4n) is 11.0. The number of pyridine rings is 1. The minimum atomic E-state index is 0.602. The van der Waals surface area contributed by atoms with Crippen molar-refractivity contribution in [3.63, 3.8) is 0 Å². The second-order valence-corrected chi connectivity index (χ2v) is 19.7. The summed E-state index contributed by atoms with van der Waals surface area (Å²) in [5.74, 6) is 0. The summed E-state index contributed by atoms with van der Waals surface area (Å²) in [4.78, 5) is 22.7. The molecule has 14 rings (SSSR count). The third-order valence-corrected chi connectivity index (χ3v) is 14.8. The lowest BCUT2D eigenvalue weighted by Gasteiger charge is -2.25. The number of rotatable bonds is 12. The molecular weight excluding hydrogens is 961 g/mol. The van der Waals surface area contributed by atoms with Crippen LogP contribution in [0.3, 0.4) is 0 Å². The zero-order valence-corrected chi connectivity index (χ0v) is 43.1. The summed E-state index contributed by atoms with van der Waals surface area (Å²) < 4.78 is 0. The minimum absolute atomic E-state index is 0.602. The molecular formula is C73H50N6. The lowest BCUT2D eigenvalue weighted by molar-refractivity contribution is 1.28. The molecule has 2 heterocycles. The maximum absolute atomic E-state index is 5.47. The van der Waals surface area contributed by atoms with Gasteiger partial charge < -0.3 is 14.7 Å². The lowest BCUT2D eigenvalue weighted by atomic mass is 9.93. The molecule has 0 N–H and O–H groups in total. The summed E-state index contributed by atoms with van der Waals surface area (Å²) in [5.41, 5.74) is 19.3. The number of para-hydroxylation sites is 6. The molecule has 0 radical (unpaired) electrons. The van der Waals surface area contributed by atoms with Gasteiger partial charge in [-0.3, -0.25) is 0 Å². The summed E-state index contributed by atoms with van der Waals surface area (Å²) >= 11 is 0. The standard InChI is InChI=1S/C73H50N6/c1-7-19-57(20-8-1)77(58-21-9-2-10-22-58)63-39-31-51(32-40-63)54-37-45-66-68(47-54)69-48-55(52-33-41-64(42-34-52)78(59-23-11-3-12-24-59)60-25-13-4-14-26-60)38-46-67(69)72-71(66)75-70-49-56(50-74-73(70)76-72)53-35-43-65(44-36-53)79(61-27-15-5-16-28-61)62-29-17-6-18-30-62/h1-50H. The number of anilines is 9. The van der Waals surface area contributed by atoms with Crippen molar-refractivity contribution >= 4 is 94.9 Å². The zero-order chi connectivity index (χ0) is 52.5. The van der Waals surface area contributed by atoms with E-state index in [4.69, 9.17) is 15.0 Å². The number of hydrogen-bond donors (Lipinski definition) is 0. The first-order valence-electron chi connectivity index (χ1n) is 26.7. The number of hydrogen-bond acceptors (Lipinski definition) is 6. The number of aromatic nitrogens is 3. The van der Waals surface area contributed by atoms with Crippen LogP contribution in [0.5, 0.6) is 0 Å². The van der Waals surface area contributed by atoms with Crippen LogP contribution in [-0.2, 0) is 0 Å². The van der Waals surface area contributed by atoms with Gasteiger partial charge in [0.25, 0.3) is 0 Å². The molecule has 0 amide bonds. The SMILES string of the molecule is c1ccc(N(c2ccccc2)c2ccc(-c3cnc4nc5c6ccc(-c7ccc(N(c8ccccc8)c8ccccc8)cc7)cc6c6cc(-c7ccc(N(c8ccccc8)c8ccccc8)cc7)ccc6c5nc4c3)cc2)cc1. The molecule has 12 aromatic carbocycles. The molecule has 0 spiro atoms. The summed E-state index contributed by atoms with van der Waals surface area (Å²) in [6, 6.07) is 105. The molecule has 79 heavy (non-hydrogen) atoms. The number of nitrogens with zero attached hydrogens (tertiary/aromatic N) is 6. The van der Waals surface area contributed by atoms with E-state index in [-0.39, 0.29) is 0 Å². The molecule has 6 heteroatoms. The van der Waals surface area contributed by atoms with E-state index in [2.05, 4.69) is 300 Å². The molecule has 0 fully saturated rings. The van der Waals surface area contributed by atoms with E-state index in [1.807, 2.05) is 18.3 Å². The van der Waals surface area contributed by atoms with E-state index in [0.717, 1.165) is 123 Å². The molecule has 0 aliphatic rings. The number of benzene rings is 12. The van der Waals surface area contributed by atoms with Crippen molar-refractivity contribution in [1.82, 2.24) is 15.0 Å². The van der Waals surface area contributed by atoms with E-state index in [0.29, 0.717) is 5.65 Å². The van der Waals surface area contributed by atoms with Crippen LogP contribution in [-0.4, -0.2) is 15.0 Å². The summed E-state index contributed by atoms with van der Waals surface area (Å²) in [7, 11) is 0. The van der Waals surface area contributed by atoms with Crippen LogP contribution in [0.2, 0.25) is 0 Å². The van der Waals surface area contributed by atoms with Crippen molar-refractivity contribution in [2.75, 3.05) is 14.7 Å². The second kappa shape index (κ2) is 20.4. The average Bonchev–Trinajstić information content (AvgIpc) is 3.66. The molecule has 0 aliphatic carbocycles. The monoisotopic (exact) mass is 1010 g/mol. The third-order valence-electron chi connectivity index (χ3n) is 14.8. The highest BCUT2D eigenvalue weighted by Crippen LogP contribution is 2.42. The van der Waals surface area contributed by atoms with Crippen LogP contribution in [0.1, 0.15) is 0 Å². The van der Waals surface area contributed by atoms with E-state index in [1.165, 1.54) is 0 Å². The van der Waals surface area contributed by atoms with E-state index in [1.54, 1.807) is 0 Å². The van der Waals surface area contributed by atoms with Crippen molar-refractivity contribution < 1.29 is 0 Å². The molecule has 0 saturated heterocycles. The Bertz CT molecular complexity index is 4310. The van der Waals surface area contributed by atoms with Gasteiger partial charge in [0, 0.05) is 73.7 Å². The van der Waals surface area contributed by atoms with Crippen molar-refractivity contribution in [1.29, 1.82) is 0 Å². The first-order valence-corrected chi connectivity index (χ1v) is 26.7. The molecule has 372 valence electrons.